The molecule has 0 aromatic carbocycles. The van der Waals surface area contributed by atoms with E-state index in [0.717, 1.165) is 49.5 Å². The Morgan fingerprint density at radius 2 is 1.87 bits per heavy atom. The van der Waals surface area contributed by atoms with Crippen molar-refractivity contribution >= 4 is 12.2 Å². The lowest BCUT2D eigenvalue weighted by Gasteiger charge is -2.30. The zero-order valence-corrected chi connectivity index (χ0v) is 20.3. The fourth-order valence-electron chi connectivity index (χ4n) is 3.66. The number of hydrogen-bond acceptors (Lipinski definition) is 6. The summed E-state index contributed by atoms with van der Waals surface area (Å²) in [5.74, 6) is 0.752. The lowest BCUT2D eigenvalue weighted by molar-refractivity contribution is 0.120. The number of hydrogen-bond donors (Lipinski definition) is 0. The van der Waals surface area contributed by atoms with Gasteiger partial charge in [0.2, 0.25) is 0 Å². The van der Waals surface area contributed by atoms with Gasteiger partial charge in [0.25, 0.3) is 6.01 Å². The maximum Gasteiger partial charge on any atom is 0.298 e. The van der Waals surface area contributed by atoms with Gasteiger partial charge in [0, 0.05) is 31.0 Å². The van der Waals surface area contributed by atoms with E-state index in [9.17, 15) is 0 Å². The Hall–Kier alpha value is -2.34. The summed E-state index contributed by atoms with van der Waals surface area (Å²) in [4.78, 5) is 13.7. The van der Waals surface area contributed by atoms with Crippen LogP contribution >= 0.6 is 0 Å². The number of aliphatic imine (C=N–C) groups is 1. The van der Waals surface area contributed by atoms with Crippen LogP contribution in [0.4, 0.5) is 6.01 Å². The average molecular weight is 429 g/mol. The highest BCUT2D eigenvalue weighted by Crippen LogP contribution is 2.21. The standard InChI is InChI=1S/C25H40N4O2/c1-8-22(9-2)29(21(7)15-19(4)5)18-20(6)16-26-17-24-23(10-3)27-25(31-24)28-11-13-30-14-12-28/h15,17-18,22H,7-14,16H2,1-6H3/b20-18-,26-17?. The molecule has 6 nitrogen and oxygen atoms in total. The van der Waals surface area contributed by atoms with Crippen LogP contribution in [0.15, 0.2) is 45.1 Å². The average Bonchev–Trinajstić information content (AvgIpc) is 3.17. The molecule has 0 aliphatic carbocycles. The highest BCUT2D eigenvalue weighted by molar-refractivity contribution is 5.78. The topological polar surface area (TPSA) is 54.1 Å². The van der Waals surface area contributed by atoms with Crippen molar-refractivity contribution in [1.29, 1.82) is 0 Å². The van der Waals surface area contributed by atoms with Crippen LogP contribution in [0.3, 0.4) is 0 Å². The van der Waals surface area contributed by atoms with E-state index >= 15 is 0 Å². The molecule has 1 aromatic rings. The maximum atomic E-state index is 6.02. The minimum absolute atomic E-state index is 0.430. The fraction of sp³-hybridized carbons (Fsp3) is 0.600. The fourth-order valence-corrected chi connectivity index (χ4v) is 3.66. The molecular formula is C25H40N4O2. The molecule has 31 heavy (non-hydrogen) atoms. The van der Waals surface area contributed by atoms with Crippen LogP contribution < -0.4 is 4.90 Å². The molecule has 172 valence electrons. The highest BCUT2D eigenvalue weighted by Gasteiger charge is 2.19. The molecule has 0 saturated carbocycles. The van der Waals surface area contributed by atoms with Gasteiger partial charge in [-0.25, -0.2) is 0 Å². The van der Waals surface area contributed by atoms with E-state index < -0.39 is 0 Å². The number of aryl methyl sites for hydroxylation is 1. The summed E-state index contributed by atoms with van der Waals surface area (Å²) in [6.45, 7) is 20.8. The van der Waals surface area contributed by atoms with Crippen LogP contribution in [0.1, 0.15) is 65.8 Å². The van der Waals surface area contributed by atoms with Gasteiger partial charge in [0.15, 0.2) is 5.76 Å². The summed E-state index contributed by atoms with van der Waals surface area (Å²) in [6.07, 6.45) is 9.11. The van der Waals surface area contributed by atoms with Crippen molar-refractivity contribution < 1.29 is 9.15 Å². The predicted molar refractivity (Wildman–Crippen MR) is 130 cm³/mol. The Morgan fingerprint density at radius 3 is 2.45 bits per heavy atom. The van der Waals surface area contributed by atoms with E-state index in [1.165, 1.54) is 11.1 Å². The van der Waals surface area contributed by atoms with E-state index in [1.807, 2.05) is 6.21 Å². The number of oxazole rings is 1. The van der Waals surface area contributed by atoms with Crippen molar-refractivity contribution in [3.05, 3.63) is 47.2 Å². The summed E-state index contributed by atoms with van der Waals surface area (Å²) >= 11 is 0. The molecule has 1 saturated heterocycles. The Balaban J connectivity index is 2.12. The molecule has 1 aliphatic heterocycles. The Labute approximate surface area is 188 Å². The van der Waals surface area contributed by atoms with Crippen molar-refractivity contribution in [1.82, 2.24) is 9.88 Å². The molecule has 1 aromatic heterocycles. The highest BCUT2D eigenvalue weighted by atomic mass is 16.5. The van der Waals surface area contributed by atoms with Crippen molar-refractivity contribution in [3.63, 3.8) is 0 Å². The number of anilines is 1. The summed E-state index contributed by atoms with van der Waals surface area (Å²) in [6, 6.07) is 1.10. The molecule has 0 spiro atoms. The van der Waals surface area contributed by atoms with E-state index in [-0.39, 0.29) is 0 Å². The third kappa shape index (κ3) is 7.39. The summed E-state index contributed by atoms with van der Waals surface area (Å²) in [7, 11) is 0. The van der Waals surface area contributed by atoms with Crippen LogP contribution in [0.25, 0.3) is 0 Å². The lowest BCUT2D eigenvalue weighted by atomic mass is 10.1. The number of morpholine rings is 1. The van der Waals surface area contributed by atoms with Gasteiger partial charge in [-0.15, -0.1) is 0 Å². The second kappa shape index (κ2) is 12.5. The molecule has 2 rings (SSSR count). The quantitative estimate of drug-likeness (QED) is 0.350. The van der Waals surface area contributed by atoms with Crippen molar-refractivity contribution in [2.75, 3.05) is 37.7 Å². The van der Waals surface area contributed by atoms with Gasteiger partial charge in [-0.3, -0.25) is 4.99 Å². The molecule has 6 heteroatoms. The van der Waals surface area contributed by atoms with Gasteiger partial charge in [-0.05, 0) is 51.7 Å². The second-order valence-electron chi connectivity index (χ2n) is 8.30. The minimum atomic E-state index is 0.430. The van der Waals surface area contributed by atoms with Crippen LogP contribution in [-0.4, -0.2) is 55.0 Å². The van der Waals surface area contributed by atoms with E-state index in [4.69, 9.17) is 9.15 Å². The first-order valence-electron chi connectivity index (χ1n) is 11.5. The first-order valence-corrected chi connectivity index (χ1v) is 11.5. The first kappa shape index (κ1) is 24.9. The van der Waals surface area contributed by atoms with E-state index in [2.05, 4.69) is 80.2 Å². The van der Waals surface area contributed by atoms with Crippen LogP contribution in [0.5, 0.6) is 0 Å². The Bertz CT molecular complexity index is 792. The SMILES string of the molecule is C=C(C=C(C)C)N(/C=C(/C)CN=Cc1oc(N2CCOCC2)nc1CC)C(CC)CC. The molecule has 2 heterocycles. The third-order valence-electron chi connectivity index (χ3n) is 5.36. The molecule has 0 amide bonds. The number of allylic oxidation sites excluding steroid dienone is 2. The maximum absolute atomic E-state index is 6.02. The number of nitrogens with zero attached hydrogens (tertiary/aromatic N) is 4. The van der Waals surface area contributed by atoms with Crippen molar-refractivity contribution in [2.24, 2.45) is 4.99 Å². The number of aromatic nitrogens is 1. The van der Waals surface area contributed by atoms with E-state index in [0.29, 0.717) is 31.8 Å². The van der Waals surface area contributed by atoms with Gasteiger partial charge >= 0.3 is 0 Å². The Morgan fingerprint density at radius 1 is 1.19 bits per heavy atom. The molecule has 0 N–H and O–H groups in total. The molecule has 0 atom stereocenters. The van der Waals surface area contributed by atoms with Gasteiger partial charge < -0.3 is 19.0 Å². The normalized spacial score (nSPS) is 15.1. The van der Waals surface area contributed by atoms with Gasteiger partial charge in [-0.1, -0.05) is 32.9 Å². The summed E-state index contributed by atoms with van der Waals surface area (Å²) in [5, 5.41) is 0. The monoisotopic (exact) mass is 428 g/mol. The molecule has 1 aliphatic rings. The van der Waals surface area contributed by atoms with Crippen LogP contribution in [0.2, 0.25) is 0 Å². The van der Waals surface area contributed by atoms with Crippen molar-refractivity contribution in [2.45, 2.75) is 66.8 Å². The van der Waals surface area contributed by atoms with E-state index in [1.54, 1.807) is 0 Å². The molecule has 0 bridgehead atoms. The smallest absolute Gasteiger partial charge is 0.298 e. The molecule has 0 unspecified atom stereocenters. The molecule has 1 fully saturated rings. The molecular weight excluding hydrogens is 388 g/mol. The largest absolute Gasteiger partial charge is 0.422 e. The minimum Gasteiger partial charge on any atom is -0.422 e. The Kier molecular flexibility index (Phi) is 10.0. The molecule has 0 radical (unpaired) electrons. The zero-order chi connectivity index (χ0) is 22.8. The predicted octanol–water partition coefficient (Wildman–Crippen LogP) is 5.37. The van der Waals surface area contributed by atoms with Crippen LogP contribution in [0, 0.1) is 0 Å². The zero-order valence-electron chi connectivity index (χ0n) is 20.3. The third-order valence-corrected chi connectivity index (χ3v) is 5.36. The van der Waals surface area contributed by atoms with Crippen LogP contribution in [-0.2, 0) is 11.2 Å². The van der Waals surface area contributed by atoms with Gasteiger partial charge in [0.05, 0.1) is 31.7 Å². The number of rotatable bonds is 11. The summed E-state index contributed by atoms with van der Waals surface area (Å²) in [5.41, 5.74) is 4.40. The van der Waals surface area contributed by atoms with Crippen molar-refractivity contribution in [3.8, 4) is 0 Å². The van der Waals surface area contributed by atoms with Gasteiger partial charge in [0.1, 0.15) is 0 Å². The number of ether oxygens (including phenoxy) is 1. The second-order valence-corrected chi connectivity index (χ2v) is 8.30. The lowest BCUT2D eigenvalue weighted by Crippen LogP contribution is -2.36. The first-order chi connectivity index (χ1) is 14.9. The summed E-state index contributed by atoms with van der Waals surface area (Å²) < 4.78 is 11.4. The van der Waals surface area contributed by atoms with Gasteiger partial charge in [-0.2, -0.15) is 4.98 Å².